The molecule has 0 saturated carbocycles. The van der Waals surface area contributed by atoms with Crippen LogP contribution in [0.3, 0.4) is 0 Å². The lowest BCUT2D eigenvalue weighted by Crippen LogP contribution is -2.54. The highest BCUT2D eigenvalue weighted by atomic mass is 19.1. The molecule has 0 spiro atoms. The highest BCUT2D eigenvalue weighted by Crippen LogP contribution is 2.33. The Morgan fingerprint density at radius 2 is 1.58 bits per heavy atom. The first-order chi connectivity index (χ1) is 31.6. The first kappa shape index (κ1) is 44.1. The number of ether oxygens (including phenoxy) is 4. The Bertz CT molecular complexity index is 2800. The molecule has 1 saturated heterocycles. The molecule has 8 rings (SSSR count). The molecule has 3 aromatic carbocycles. The van der Waals surface area contributed by atoms with Crippen LogP contribution in [-0.4, -0.2) is 130 Å². The van der Waals surface area contributed by atoms with Gasteiger partial charge in [0.2, 0.25) is 11.8 Å². The van der Waals surface area contributed by atoms with Crippen molar-refractivity contribution in [3.05, 3.63) is 119 Å². The Morgan fingerprint density at radius 3 is 2.37 bits per heavy atom. The summed E-state index contributed by atoms with van der Waals surface area (Å²) in [6, 6.07) is 17.4. The van der Waals surface area contributed by atoms with Crippen molar-refractivity contribution in [2.24, 2.45) is 0 Å². The van der Waals surface area contributed by atoms with E-state index in [9.17, 15) is 28.8 Å². The number of nitrogens with one attached hydrogen (secondary N) is 3. The summed E-state index contributed by atoms with van der Waals surface area (Å²) in [6.45, 7) is 1.26. The largest absolute Gasteiger partial charge is 0.483 e. The second kappa shape index (κ2) is 20.3. The Kier molecular flexibility index (Phi) is 13.8. The van der Waals surface area contributed by atoms with Crippen molar-refractivity contribution in [3.63, 3.8) is 0 Å². The summed E-state index contributed by atoms with van der Waals surface area (Å²) < 4.78 is 38.8. The van der Waals surface area contributed by atoms with E-state index in [4.69, 9.17) is 18.9 Å². The van der Waals surface area contributed by atoms with Crippen LogP contribution in [0, 0.1) is 5.82 Å². The van der Waals surface area contributed by atoms with Crippen molar-refractivity contribution >= 4 is 52.1 Å². The van der Waals surface area contributed by atoms with Crippen molar-refractivity contribution in [2.45, 2.75) is 25.3 Å². The summed E-state index contributed by atoms with van der Waals surface area (Å²) in [5.74, 6) is -3.98. The van der Waals surface area contributed by atoms with Gasteiger partial charge in [0.25, 0.3) is 29.4 Å². The molecule has 3 N–H and O–H groups in total. The maximum atomic E-state index is 15.2. The van der Waals surface area contributed by atoms with E-state index in [0.29, 0.717) is 23.5 Å². The minimum Gasteiger partial charge on any atom is -0.483 e. The summed E-state index contributed by atoms with van der Waals surface area (Å²) in [4.78, 5) is 89.1. The molecule has 0 aliphatic carbocycles. The molecule has 1 unspecified atom stereocenters. The van der Waals surface area contributed by atoms with Gasteiger partial charge in [-0.15, -0.1) is 0 Å². The Labute approximate surface area is 369 Å². The molecule has 2 aliphatic rings. The first-order valence-corrected chi connectivity index (χ1v) is 20.7. The molecule has 5 heterocycles. The average molecular weight is 888 g/mol. The number of imide groups is 2. The summed E-state index contributed by atoms with van der Waals surface area (Å²) >= 11 is 0. The zero-order valence-electron chi connectivity index (χ0n) is 34.8. The molecule has 65 heavy (non-hydrogen) atoms. The number of amides is 6. The lowest BCUT2D eigenvalue weighted by molar-refractivity contribution is -0.136. The van der Waals surface area contributed by atoms with Crippen LogP contribution in [0.25, 0.3) is 27.9 Å². The van der Waals surface area contributed by atoms with Crippen LogP contribution in [0.2, 0.25) is 0 Å². The number of pyridine rings is 1. The molecule has 334 valence electrons. The third-order valence-corrected chi connectivity index (χ3v) is 10.5. The van der Waals surface area contributed by atoms with Gasteiger partial charge in [-0.1, -0.05) is 24.3 Å². The zero-order valence-corrected chi connectivity index (χ0v) is 34.8. The number of imidazole rings is 1. The number of fused-ring (bicyclic) bond motifs is 3. The standard InChI is InChI=1S/C45H42FN9O10/c46-33-23-29(35-25-51-45-50-24-30(55(45)53-35)22-27-6-9-34-28(21-27)3-2-12-47-34)7-8-31(33)41(58)49-14-16-63-18-20-64-19-17-62-15-13-48-39(57)26-65-37-5-1-4-32-40(37)44(61)54(43(32)60)36-10-11-38(56)52-42(36)59/h1-9,12,21,23-25,36H,10-11,13-20,22,26H2,(H,48,57)(H,49,58)(H,52,56,59). The van der Waals surface area contributed by atoms with Crippen LogP contribution in [0.15, 0.2) is 85.3 Å². The fourth-order valence-corrected chi connectivity index (χ4v) is 7.31. The van der Waals surface area contributed by atoms with Crippen LogP contribution >= 0.6 is 0 Å². The third-order valence-electron chi connectivity index (χ3n) is 10.5. The predicted octanol–water partition coefficient (Wildman–Crippen LogP) is 2.45. The van der Waals surface area contributed by atoms with E-state index in [-0.39, 0.29) is 88.0 Å². The highest BCUT2D eigenvalue weighted by Gasteiger charge is 2.46. The second-order valence-corrected chi connectivity index (χ2v) is 14.9. The fourth-order valence-electron chi connectivity index (χ4n) is 7.31. The number of hydrogen-bond acceptors (Lipinski definition) is 14. The lowest BCUT2D eigenvalue weighted by atomic mass is 10.0. The van der Waals surface area contributed by atoms with Crippen LogP contribution in [-0.2, 0) is 35.0 Å². The predicted molar refractivity (Wildman–Crippen MR) is 227 cm³/mol. The molecule has 6 amide bonds. The molecule has 3 aromatic heterocycles. The van der Waals surface area contributed by atoms with Gasteiger partial charge in [0.15, 0.2) is 6.61 Å². The van der Waals surface area contributed by atoms with Crippen molar-refractivity contribution in [1.82, 2.24) is 45.4 Å². The maximum Gasteiger partial charge on any atom is 0.266 e. The monoisotopic (exact) mass is 887 g/mol. The smallest absolute Gasteiger partial charge is 0.266 e. The quantitative estimate of drug-likeness (QED) is 0.0739. The van der Waals surface area contributed by atoms with Gasteiger partial charge in [0.05, 0.1) is 79.9 Å². The molecule has 19 nitrogen and oxygen atoms in total. The van der Waals surface area contributed by atoms with Crippen molar-refractivity contribution in [3.8, 4) is 17.0 Å². The van der Waals surface area contributed by atoms with E-state index in [1.165, 1.54) is 36.5 Å². The first-order valence-electron chi connectivity index (χ1n) is 20.7. The number of hydrogen-bond donors (Lipinski definition) is 3. The van der Waals surface area contributed by atoms with Gasteiger partial charge in [0, 0.05) is 43.1 Å². The van der Waals surface area contributed by atoms with Crippen molar-refractivity contribution in [2.75, 3.05) is 59.3 Å². The van der Waals surface area contributed by atoms with Crippen molar-refractivity contribution in [1.29, 1.82) is 0 Å². The number of benzene rings is 3. The minimum atomic E-state index is -1.12. The van der Waals surface area contributed by atoms with Gasteiger partial charge in [0.1, 0.15) is 23.3 Å². The number of halogens is 1. The van der Waals surface area contributed by atoms with Crippen LogP contribution in [0.1, 0.15) is 55.2 Å². The number of aromatic nitrogens is 5. The third kappa shape index (κ3) is 10.3. The van der Waals surface area contributed by atoms with Gasteiger partial charge in [-0.2, -0.15) is 5.10 Å². The Balaban J connectivity index is 0.676. The molecule has 1 fully saturated rings. The summed E-state index contributed by atoms with van der Waals surface area (Å²) in [6.07, 6.45) is 5.53. The molecule has 6 aromatic rings. The topological polar surface area (TPSA) is 235 Å². The van der Waals surface area contributed by atoms with Gasteiger partial charge < -0.3 is 29.6 Å². The average Bonchev–Trinajstić information content (AvgIpc) is 3.82. The van der Waals surface area contributed by atoms with Crippen LogP contribution in [0.5, 0.6) is 5.75 Å². The molecular weight excluding hydrogens is 846 g/mol. The maximum absolute atomic E-state index is 15.2. The van der Waals surface area contributed by atoms with E-state index >= 15 is 4.39 Å². The SMILES string of the molecule is O=C(COc1cccc2c1C(=O)N(C1CCC(=O)NC1=O)C2=O)NCCOCCOCCOCCNC(=O)c1ccc(-c2cnc3ncc(Cc4ccc5ncccc5c4)n3n2)cc1F. The van der Waals surface area contributed by atoms with E-state index in [2.05, 4.69) is 42.1 Å². The molecule has 20 heteroatoms. The molecular formula is C45H42FN9O10. The van der Waals surface area contributed by atoms with Gasteiger partial charge >= 0.3 is 0 Å². The summed E-state index contributed by atoms with van der Waals surface area (Å²) in [7, 11) is 0. The van der Waals surface area contributed by atoms with Crippen LogP contribution in [0.4, 0.5) is 4.39 Å². The summed E-state index contributed by atoms with van der Waals surface area (Å²) in [5.41, 5.74) is 3.49. The Morgan fingerprint density at radius 1 is 0.815 bits per heavy atom. The number of carbonyl (C=O) groups excluding carboxylic acids is 6. The lowest BCUT2D eigenvalue weighted by Gasteiger charge is -2.27. The van der Waals surface area contributed by atoms with E-state index in [1.54, 1.807) is 23.0 Å². The van der Waals surface area contributed by atoms with E-state index in [1.807, 2.05) is 24.3 Å². The number of piperidine rings is 1. The number of nitrogens with zero attached hydrogens (tertiary/aromatic N) is 6. The number of rotatable bonds is 20. The molecule has 2 aliphatic heterocycles. The Hall–Kier alpha value is -7.55. The van der Waals surface area contributed by atoms with Crippen LogP contribution < -0.4 is 20.7 Å². The fraction of sp³-hybridized carbons (Fsp3) is 0.289. The van der Waals surface area contributed by atoms with E-state index < -0.39 is 53.9 Å². The van der Waals surface area contributed by atoms with Gasteiger partial charge in [-0.25, -0.2) is 18.9 Å². The highest BCUT2D eigenvalue weighted by molar-refractivity contribution is 6.24. The minimum absolute atomic E-state index is 0.00625. The summed E-state index contributed by atoms with van der Waals surface area (Å²) in [5, 5.41) is 13.1. The van der Waals surface area contributed by atoms with Gasteiger partial charge in [-0.3, -0.25) is 44.0 Å². The zero-order chi connectivity index (χ0) is 45.3. The molecule has 1 atom stereocenters. The normalized spacial score (nSPS) is 14.8. The second-order valence-electron chi connectivity index (χ2n) is 14.9. The van der Waals surface area contributed by atoms with E-state index in [0.717, 1.165) is 27.1 Å². The number of carbonyl (C=O) groups is 6. The van der Waals surface area contributed by atoms with Gasteiger partial charge in [-0.05, 0) is 54.4 Å². The van der Waals surface area contributed by atoms with Crippen molar-refractivity contribution < 1.29 is 52.1 Å². The molecule has 0 bridgehead atoms. The molecule has 0 radical (unpaired) electrons.